The van der Waals surface area contributed by atoms with E-state index in [-0.39, 0.29) is 24.8 Å². The van der Waals surface area contributed by atoms with E-state index in [9.17, 15) is 19.8 Å². The van der Waals surface area contributed by atoms with Crippen LogP contribution in [0.3, 0.4) is 0 Å². The van der Waals surface area contributed by atoms with Crippen molar-refractivity contribution in [3.63, 3.8) is 0 Å². The molecule has 2 aromatic rings. The van der Waals surface area contributed by atoms with Crippen LogP contribution in [-0.4, -0.2) is 58.0 Å². The van der Waals surface area contributed by atoms with Crippen LogP contribution in [-0.2, 0) is 24.8 Å². The van der Waals surface area contributed by atoms with Gasteiger partial charge in [-0.1, -0.05) is 50.3 Å². The molecule has 7 nitrogen and oxygen atoms in total. The first-order valence-corrected chi connectivity index (χ1v) is 16.7. The number of allylic oxidation sites excluding steroid dienone is 4. The van der Waals surface area contributed by atoms with Gasteiger partial charge in [0.25, 0.3) is 0 Å². The van der Waals surface area contributed by atoms with Crippen molar-refractivity contribution in [2.24, 2.45) is 22.2 Å². The lowest BCUT2D eigenvalue weighted by atomic mass is 9.38. The van der Waals surface area contributed by atoms with Gasteiger partial charge in [0.05, 0.1) is 12.2 Å². The molecule has 4 fully saturated rings. The van der Waals surface area contributed by atoms with Gasteiger partial charge in [-0.25, -0.2) is 8.78 Å². The number of hydrogen-bond donors (Lipinski definition) is 3. The van der Waals surface area contributed by atoms with Gasteiger partial charge in [0.1, 0.15) is 12.8 Å². The third-order valence-electron chi connectivity index (χ3n) is 12.0. The lowest BCUT2D eigenvalue weighted by Crippen LogP contribution is -2.74. The molecule has 7 rings (SSSR count). The minimum absolute atomic E-state index is 0.0317. The highest BCUT2D eigenvalue weighted by Crippen LogP contribution is 2.76. The van der Waals surface area contributed by atoms with Crippen molar-refractivity contribution in [2.75, 3.05) is 12.3 Å². The van der Waals surface area contributed by atoms with Crippen molar-refractivity contribution < 1.29 is 38.1 Å². The Morgan fingerprint density at radius 1 is 1.11 bits per heavy atom. The van der Waals surface area contributed by atoms with E-state index in [1.54, 1.807) is 32.5 Å². The van der Waals surface area contributed by atoms with Gasteiger partial charge in [-0.05, 0) is 73.6 Å². The van der Waals surface area contributed by atoms with E-state index < -0.39 is 76.3 Å². The Balaban J connectivity index is 1.20. The smallest absolute Gasteiger partial charge is 0.193 e. The largest absolute Gasteiger partial charge is 0.399 e. The number of hydrogen-bond acceptors (Lipinski definition) is 8. The zero-order chi connectivity index (χ0) is 32.9. The number of ketones is 2. The molecule has 3 saturated carbocycles. The number of nitrogen functional groups attached to an aromatic ring is 1. The van der Waals surface area contributed by atoms with E-state index in [1.807, 2.05) is 48.5 Å². The summed E-state index contributed by atoms with van der Waals surface area (Å²) in [6.45, 7) is 4.14. The number of aliphatic hydroxyl groups excluding tert-OH is 2. The molecule has 10 atom stereocenters. The van der Waals surface area contributed by atoms with Gasteiger partial charge < -0.3 is 25.4 Å². The molecular weight excluding hydrogens is 612 g/mol. The summed E-state index contributed by atoms with van der Waals surface area (Å²) in [5.41, 5.74) is 0.0953. The van der Waals surface area contributed by atoms with E-state index in [0.29, 0.717) is 17.0 Å². The van der Waals surface area contributed by atoms with Crippen LogP contribution in [0.1, 0.15) is 57.5 Å². The van der Waals surface area contributed by atoms with E-state index in [0.717, 1.165) is 16.5 Å². The first kappa shape index (κ1) is 31.7. The predicted molar refractivity (Wildman–Crippen MR) is 169 cm³/mol. The average molecular weight is 652 g/mol. The Morgan fingerprint density at radius 3 is 2.54 bits per heavy atom. The van der Waals surface area contributed by atoms with Gasteiger partial charge in [-0.2, -0.15) is 0 Å². The summed E-state index contributed by atoms with van der Waals surface area (Å²) in [7, 11) is 0. The number of benzene rings is 2. The fourth-order valence-electron chi connectivity index (χ4n) is 9.93. The Hall–Kier alpha value is -2.89. The molecule has 4 N–H and O–H groups in total. The van der Waals surface area contributed by atoms with Crippen LogP contribution in [0.5, 0.6) is 0 Å². The number of halogens is 2. The average Bonchev–Trinajstić information content (AvgIpc) is 3.53. The van der Waals surface area contributed by atoms with Crippen molar-refractivity contribution in [3.05, 3.63) is 83.5 Å². The monoisotopic (exact) mass is 651 g/mol. The number of Topliss-reactive ketones (excluding diaryl/α,β-unsaturated/α-hetero) is 1. The fraction of sp³-hybridized carbons (Fsp3) is 0.500. The Kier molecular flexibility index (Phi) is 7.27. The molecule has 0 radical (unpaired) electrons. The molecule has 0 aromatic heterocycles. The number of ether oxygens (including phenoxy) is 2. The van der Waals surface area contributed by atoms with E-state index in [2.05, 4.69) is 0 Å². The highest BCUT2D eigenvalue weighted by atomic mass is 32.2. The predicted octanol–water partition coefficient (Wildman–Crippen LogP) is 5.59. The molecule has 5 aliphatic rings. The second-order valence-electron chi connectivity index (χ2n) is 14.3. The number of thioether (sulfide) groups is 1. The van der Waals surface area contributed by atoms with Crippen molar-refractivity contribution in [1.29, 1.82) is 0 Å². The molecular formula is C36H39F2NO6S. The SMILES string of the molecule is C[C@]12C=CC(=O)C=C1[C@@H](F)C[C@@]1(C)[C@@H]3C[C@H]4O[C@@H](c5ccc(CSc6cccc(N)c6)cc5)O[C@@]4(C(=O)CO)[C@@]3(C)C[C@H](O)[C@]21F. The summed E-state index contributed by atoms with van der Waals surface area (Å²) in [6.07, 6.45) is -1.54. The maximum atomic E-state index is 17.9. The number of anilines is 1. The molecule has 4 aliphatic carbocycles. The fourth-order valence-corrected chi connectivity index (χ4v) is 10.9. The first-order valence-electron chi connectivity index (χ1n) is 15.7. The molecule has 10 heteroatoms. The molecule has 1 aliphatic heterocycles. The van der Waals surface area contributed by atoms with Gasteiger partial charge in [-0.3, -0.25) is 9.59 Å². The van der Waals surface area contributed by atoms with Gasteiger partial charge in [0.15, 0.2) is 29.1 Å². The molecule has 0 bridgehead atoms. The summed E-state index contributed by atoms with van der Waals surface area (Å²) < 4.78 is 47.0. The van der Waals surface area contributed by atoms with Crippen molar-refractivity contribution in [1.82, 2.24) is 0 Å². The second kappa shape index (κ2) is 10.6. The molecule has 2 aromatic carbocycles. The Morgan fingerprint density at radius 2 is 1.85 bits per heavy atom. The number of carbonyl (C=O) groups is 2. The number of carbonyl (C=O) groups excluding carboxylic acids is 2. The number of rotatable bonds is 6. The molecule has 1 heterocycles. The third kappa shape index (κ3) is 4.03. The van der Waals surface area contributed by atoms with Crippen LogP contribution in [0, 0.1) is 22.2 Å². The van der Waals surface area contributed by atoms with Crippen LogP contribution in [0.15, 0.2) is 77.2 Å². The van der Waals surface area contributed by atoms with Crippen molar-refractivity contribution in [3.8, 4) is 0 Å². The molecule has 0 amide bonds. The number of alkyl halides is 2. The summed E-state index contributed by atoms with van der Waals surface area (Å²) in [5.74, 6) is -0.961. The van der Waals surface area contributed by atoms with Crippen molar-refractivity contribution in [2.45, 2.75) is 86.6 Å². The summed E-state index contributed by atoms with van der Waals surface area (Å²) in [4.78, 5) is 27.1. The van der Waals surface area contributed by atoms with Crippen LogP contribution in [0.2, 0.25) is 0 Å². The maximum absolute atomic E-state index is 17.9. The highest BCUT2D eigenvalue weighted by molar-refractivity contribution is 7.98. The van der Waals surface area contributed by atoms with Gasteiger partial charge in [-0.15, -0.1) is 11.8 Å². The van der Waals surface area contributed by atoms with E-state index in [4.69, 9.17) is 15.2 Å². The lowest BCUT2D eigenvalue weighted by molar-refractivity contribution is -0.269. The molecule has 0 spiro atoms. The topological polar surface area (TPSA) is 119 Å². The van der Waals surface area contributed by atoms with E-state index >= 15 is 8.78 Å². The first-order chi connectivity index (χ1) is 21.7. The van der Waals surface area contributed by atoms with E-state index in [1.165, 1.54) is 12.2 Å². The van der Waals surface area contributed by atoms with Gasteiger partial charge >= 0.3 is 0 Å². The standard InChI is InChI=1S/C36H39F2NO6S/c1-32-12-11-23(41)14-25(32)26(37)16-34(3)27-15-30-35(29(43)18-40,33(27,2)17-28(42)36(32,34)38)45-31(44-30)21-9-7-20(8-10-21)19-46-24-6-4-5-22(39)13-24/h4-14,26-28,30-31,40,42H,15-19,39H2,1-3H3/t26-,27+,28-,30+,31+,32-,33-,34-,35+,36-/m0/s1. The summed E-state index contributed by atoms with van der Waals surface area (Å²) in [6, 6.07) is 15.3. The van der Waals surface area contributed by atoms with Crippen LogP contribution < -0.4 is 5.73 Å². The van der Waals surface area contributed by atoms with Crippen LogP contribution in [0.4, 0.5) is 14.5 Å². The third-order valence-corrected chi connectivity index (χ3v) is 13.1. The maximum Gasteiger partial charge on any atom is 0.193 e. The second-order valence-corrected chi connectivity index (χ2v) is 15.3. The Bertz CT molecular complexity index is 1670. The molecule has 0 unspecified atom stereocenters. The zero-order valence-electron chi connectivity index (χ0n) is 26.0. The molecule has 244 valence electrons. The lowest BCUT2D eigenvalue weighted by Gasteiger charge is -2.68. The van der Waals surface area contributed by atoms with Crippen LogP contribution in [0.25, 0.3) is 0 Å². The Labute approximate surface area is 271 Å². The molecule has 46 heavy (non-hydrogen) atoms. The zero-order valence-corrected chi connectivity index (χ0v) is 26.9. The quantitative estimate of drug-likeness (QED) is 0.273. The minimum atomic E-state index is -2.35. The highest BCUT2D eigenvalue weighted by Gasteiger charge is 2.83. The minimum Gasteiger partial charge on any atom is -0.399 e. The summed E-state index contributed by atoms with van der Waals surface area (Å²) in [5, 5.41) is 22.1. The normalized spacial score (nSPS) is 42.5. The number of aliphatic hydroxyl groups is 2. The number of nitrogens with two attached hydrogens (primary N) is 1. The molecule has 1 saturated heterocycles. The number of fused-ring (bicyclic) bond motifs is 7. The van der Waals surface area contributed by atoms with Gasteiger partial charge in [0.2, 0.25) is 0 Å². The van der Waals surface area contributed by atoms with Gasteiger partial charge in [0, 0.05) is 38.1 Å². The summed E-state index contributed by atoms with van der Waals surface area (Å²) >= 11 is 1.65. The van der Waals surface area contributed by atoms with Crippen LogP contribution >= 0.6 is 11.8 Å². The van der Waals surface area contributed by atoms with Crippen molar-refractivity contribution >= 4 is 29.0 Å².